The Kier molecular flexibility index (Phi) is 4.40. The van der Waals surface area contributed by atoms with E-state index < -0.39 is 0 Å². The van der Waals surface area contributed by atoms with Crippen molar-refractivity contribution in [2.75, 3.05) is 31.6 Å². The molecule has 1 aromatic rings. The van der Waals surface area contributed by atoms with E-state index >= 15 is 0 Å². The number of ether oxygens (including phenoxy) is 2. The Labute approximate surface area is 124 Å². The lowest BCUT2D eigenvalue weighted by Gasteiger charge is -2.23. The van der Waals surface area contributed by atoms with Gasteiger partial charge in [-0.15, -0.1) is 12.4 Å². The summed E-state index contributed by atoms with van der Waals surface area (Å²) in [6, 6.07) is 5.49. The van der Waals surface area contributed by atoms with Gasteiger partial charge in [-0.05, 0) is 32.0 Å². The largest absolute Gasteiger partial charge is 0.486 e. The molecule has 1 atom stereocenters. The van der Waals surface area contributed by atoms with Crippen LogP contribution >= 0.6 is 12.4 Å². The first kappa shape index (κ1) is 14.9. The summed E-state index contributed by atoms with van der Waals surface area (Å²) < 4.78 is 11.0. The van der Waals surface area contributed by atoms with Crippen LogP contribution in [0, 0.1) is 5.41 Å². The quantitative estimate of drug-likeness (QED) is 0.874. The number of hydrogen-bond acceptors (Lipinski definition) is 4. The number of benzene rings is 1. The molecule has 20 heavy (non-hydrogen) atoms. The van der Waals surface area contributed by atoms with Crippen LogP contribution in [-0.2, 0) is 4.79 Å². The second-order valence-electron chi connectivity index (χ2n) is 5.30. The smallest absolute Gasteiger partial charge is 0.231 e. The predicted molar refractivity (Wildman–Crippen MR) is 78.9 cm³/mol. The molecule has 5 nitrogen and oxygen atoms in total. The fourth-order valence-electron chi connectivity index (χ4n) is 2.41. The Morgan fingerprint density at radius 3 is 2.75 bits per heavy atom. The summed E-state index contributed by atoms with van der Waals surface area (Å²) in [6.45, 7) is 4.73. The van der Waals surface area contributed by atoms with E-state index in [2.05, 4.69) is 10.6 Å². The van der Waals surface area contributed by atoms with Gasteiger partial charge in [-0.1, -0.05) is 0 Å². The van der Waals surface area contributed by atoms with Gasteiger partial charge in [-0.3, -0.25) is 4.79 Å². The first-order valence-corrected chi connectivity index (χ1v) is 6.59. The van der Waals surface area contributed by atoms with Crippen molar-refractivity contribution in [1.29, 1.82) is 0 Å². The summed E-state index contributed by atoms with van der Waals surface area (Å²) >= 11 is 0. The van der Waals surface area contributed by atoms with E-state index in [0.717, 1.165) is 30.9 Å². The molecule has 3 rings (SSSR count). The van der Waals surface area contributed by atoms with Crippen molar-refractivity contribution >= 4 is 24.0 Å². The van der Waals surface area contributed by atoms with Gasteiger partial charge >= 0.3 is 0 Å². The second kappa shape index (κ2) is 5.89. The van der Waals surface area contributed by atoms with Gasteiger partial charge in [0.1, 0.15) is 13.2 Å². The summed E-state index contributed by atoms with van der Waals surface area (Å²) in [5.41, 5.74) is 0.426. The van der Waals surface area contributed by atoms with Crippen molar-refractivity contribution in [2.45, 2.75) is 13.3 Å². The lowest BCUT2D eigenvalue weighted by atomic mass is 9.89. The van der Waals surface area contributed by atoms with E-state index in [4.69, 9.17) is 9.47 Å². The molecule has 1 unspecified atom stereocenters. The van der Waals surface area contributed by atoms with Crippen molar-refractivity contribution in [1.82, 2.24) is 5.32 Å². The Hall–Kier alpha value is -1.46. The van der Waals surface area contributed by atoms with Gasteiger partial charge < -0.3 is 20.1 Å². The van der Waals surface area contributed by atoms with Gasteiger partial charge in [-0.2, -0.15) is 0 Å². The normalized spacial score (nSPS) is 23.9. The van der Waals surface area contributed by atoms with Crippen LogP contribution in [-0.4, -0.2) is 32.2 Å². The molecule has 1 amide bonds. The molecule has 0 spiro atoms. The molecule has 6 heteroatoms. The van der Waals surface area contributed by atoms with E-state index in [0.29, 0.717) is 19.0 Å². The minimum atomic E-state index is -0.326. The van der Waals surface area contributed by atoms with Crippen molar-refractivity contribution in [3.63, 3.8) is 0 Å². The number of amides is 1. The Morgan fingerprint density at radius 1 is 1.30 bits per heavy atom. The maximum absolute atomic E-state index is 12.3. The number of fused-ring (bicyclic) bond motifs is 1. The lowest BCUT2D eigenvalue weighted by Crippen LogP contribution is -2.35. The molecule has 2 N–H and O–H groups in total. The molecule has 0 aliphatic carbocycles. The molecule has 2 aliphatic heterocycles. The molecule has 1 aromatic carbocycles. The van der Waals surface area contributed by atoms with E-state index in [-0.39, 0.29) is 23.7 Å². The topological polar surface area (TPSA) is 59.6 Å². The monoisotopic (exact) mass is 298 g/mol. The molecule has 0 bridgehead atoms. The summed E-state index contributed by atoms with van der Waals surface area (Å²) in [7, 11) is 0. The van der Waals surface area contributed by atoms with E-state index in [1.54, 1.807) is 0 Å². The molecular weight excluding hydrogens is 280 g/mol. The zero-order valence-corrected chi connectivity index (χ0v) is 12.2. The fraction of sp³-hybridized carbons (Fsp3) is 0.500. The number of nitrogens with one attached hydrogen (secondary N) is 2. The van der Waals surface area contributed by atoms with Crippen LogP contribution in [0.3, 0.4) is 0 Å². The molecule has 2 aliphatic rings. The van der Waals surface area contributed by atoms with Gasteiger partial charge in [0.2, 0.25) is 5.91 Å². The molecule has 1 fully saturated rings. The number of rotatable bonds is 2. The molecule has 0 saturated carbocycles. The Bertz CT molecular complexity index is 501. The minimum absolute atomic E-state index is 0. The van der Waals surface area contributed by atoms with Crippen LogP contribution in [0.25, 0.3) is 0 Å². The minimum Gasteiger partial charge on any atom is -0.486 e. The van der Waals surface area contributed by atoms with Crippen LogP contribution in [0.15, 0.2) is 18.2 Å². The van der Waals surface area contributed by atoms with Gasteiger partial charge in [0.15, 0.2) is 11.5 Å². The average molecular weight is 299 g/mol. The van der Waals surface area contributed by atoms with Crippen molar-refractivity contribution in [3.05, 3.63) is 18.2 Å². The summed E-state index contributed by atoms with van der Waals surface area (Å²) in [4.78, 5) is 12.3. The highest BCUT2D eigenvalue weighted by atomic mass is 35.5. The van der Waals surface area contributed by atoms with Gasteiger partial charge in [0.05, 0.1) is 5.41 Å². The lowest BCUT2D eigenvalue weighted by molar-refractivity contribution is -0.123. The number of carbonyl (C=O) groups excluding carboxylic acids is 1. The van der Waals surface area contributed by atoms with Crippen molar-refractivity contribution < 1.29 is 14.3 Å². The molecule has 0 aromatic heterocycles. The first-order valence-electron chi connectivity index (χ1n) is 6.59. The summed E-state index contributed by atoms with van der Waals surface area (Å²) in [6.07, 6.45) is 0.864. The highest BCUT2D eigenvalue weighted by Gasteiger charge is 2.36. The van der Waals surface area contributed by atoms with E-state index in [9.17, 15) is 4.79 Å². The van der Waals surface area contributed by atoms with Crippen LogP contribution in [0.1, 0.15) is 13.3 Å². The highest BCUT2D eigenvalue weighted by molar-refractivity contribution is 5.95. The van der Waals surface area contributed by atoms with Gasteiger partial charge in [0.25, 0.3) is 0 Å². The van der Waals surface area contributed by atoms with E-state index in [1.807, 2.05) is 25.1 Å². The Morgan fingerprint density at radius 2 is 2.05 bits per heavy atom. The number of halogens is 1. The number of carbonyl (C=O) groups is 1. The molecule has 110 valence electrons. The van der Waals surface area contributed by atoms with Crippen LogP contribution in [0.4, 0.5) is 5.69 Å². The zero-order valence-electron chi connectivity index (χ0n) is 11.4. The molecule has 0 radical (unpaired) electrons. The third kappa shape index (κ3) is 2.83. The number of hydrogen-bond donors (Lipinski definition) is 2. The van der Waals surface area contributed by atoms with Crippen LogP contribution < -0.4 is 20.1 Å². The maximum Gasteiger partial charge on any atom is 0.231 e. The molecule has 1 saturated heterocycles. The van der Waals surface area contributed by atoms with Crippen molar-refractivity contribution in [2.24, 2.45) is 5.41 Å². The maximum atomic E-state index is 12.3. The average Bonchev–Trinajstić information content (AvgIpc) is 2.87. The summed E-state index contributed by atoms with van der Waals surface area (Å²) in [5.74, 6) is 1.48. The van der Waals surface area contributed by atoms with Crippen LogP contribution in [0.2, 0.25) is 0 Å². The zero-order chi connectivity index (χ0) is 13.3. The predicted octanol–water partition coefficient (Wildman–Crippen LogP) is 1.82. The first-order chi connectivity index (χ1) is 9.17. The second-order valence-corrected chi connectivity index (χ2v) is 5.30. The highest BCUT2D eigenvalue weighted by Crippen LogP contribution is 2.33. The SMILES string of the molecule is CC1(C(=O)Nc2ccc3c(c2)OCCO3)CCNC1.Cl. The van der Waals surface area contributed by atoms with E-state index in [1.165, 1.54) is 0 Å². The standard InChI is InChI=1S/C14H18N2O3.ClH/c1-14(4-5-15-9-14)13(17)16-10-2-3-11-12(8-10)19-7-6-18-11;/h2-3,8,15H,4-7,9H2,1H3,(H,16,17);1H. The molecular formula is C14H19ClN2O3. The Balaban J connectivity index is 0.00000147. The van der Waals surface area contributed by atoms with Crippen molar-refractivity contribution in [3.8, 4) is 11.5 Å². The van der Waals surface area contributed by atoms with Gasteiger partial charge in [-0.25, -0.2) is 0 Å². The van der Waals surface area contributed by atoms with Gasteiger partial charge in [0, 0.05) is 18.3 Å². The summed E-state index contributed by atoms with van der Waals surface area (Å²) in [5, 5.41) is 6.18. The third-order valence-electron chi connectivity index (χ3n) is 3.72. The third-order valence-corrected chi connectivity index (χ3v) is 3.72. The number of anilines is 1. The van der Waals surface area contributed by atoms with Crippen LogP contribution in [0.5, 0.6) is 11.5 Å². The molecule has 2 heterocycles. The fourth-order valence-corrected chi connectivity index (χ4v) is 2.41.